The van der Waals surface area contributed by atoms with Gasteiger partial charge in [-0.2, -0.15) is 0 Å². The first-order chi connectivity index (χ1) is 9.31. The van der Waals surface area contributed by atoms with E-state index in [0.717, 1.165) is 29.0 Å². The van der Waals surface area contributed by atoms with Crippen LogP contribution in [0.5, 0.6) is 0 Å². The van der Waals surface area contributed by atoms with Crippen LogP contribution in [-0.4, -0.2) is 28.3 Å². The molecule has 0 saturated heterocycles. The number of fused-ring (bicyclic) bond motifs is 1. The van der Waals surface area contributed by atoms with E-state index in [1.807, 2.05) is 30.0 Å². The van der Waals surface area contributed by atoms with Crippen molar-refractivity contribution in [1.29, 1.82) is 0 Å². The molecular formula is C15H21N3S. The fourth-order valence-corrected chi connectivity index (χ4v) is 2.90. The second-order valence-electron chi connectivity index (χ2n) is 4.68. The number of unbranched alkanes of at least 4 members (excludes halogenated alkanes) is 1. The van der Waals surface area contributed by atoms with Crippen molar-refractivity contribution in [2.75, 3.05) is 13.1 Å². The molecule has 1 aromatic heterocycles. The molecule has 3 nitrogen and oxygen atoms in total. The maximum absolute atomic E-state index is 4.42. The van der Waals surface area contributed by atoms with E-state index in [1.54, 1.807) is 6.33 Å². The second-order valence-corrected chi connectivity index (χ2v) is 6.11. The lowest BCUT2D eigenvalue weighted by Crippen LogP contribution is -2.23. The Labute approximate surface area is 119 Å². The van der Waals surface area contributed by atoms with Gasteiger partial charge in [0, 0.05) is 17.2 Å². The molecular weight excluding hydrogens is 254 g/mol. The molecule has 0 aliphatic carbocycles. The van der Waals surface area contributed by atoms with Gasteiger partial charge in [-0.15, -0.1) is 11.8 Å². The number of hydrogen-bond acceptors (Lipinski definition) is 4. The number of benzene rings is 1. The zero-order valence-electron chi connectivity index (χ0n) is 11.6. The lowest BCUT2D eigenvalue weighted by molar-refractivity contribution is 0.638. The lowest BCUT2D eigenvalue weighted by Gasteiger charge is -2.12. The zero-order chi connectivity index (χ0) is 13.5. The number of aromatic nitrogens is 2. The van der Waals surface area contributed by atoms with Crippen LogP contribution in [0, 0.1) is 0 Å². The molecule has 2 aromatic rings. The number of rotatable bonds is 7. The van der Waals surface area contributed by atoms with Gasteiger partial charge in [0.25, 0.3) is 0 Å². The topological polar surface area (TPSA) is 37.8 Å². The first-order valence-corrected chi connectivity index (χ1v) is 7.76. The lowest BCUT2D eigenvalue weighted by atomic mass is 10.2. The highest BCUT2D eigenvalue weighted by Crippen LogP contribution is 2.27. The zero-order valence-corrected chi connectivity index (χ0v) is 12.4. The van der Waals surface area contributed by atoms with Gasteiger partial charge in [0.15, 0.2) is 0 Å². The number of nitrogens with one attached hydrogen (secondary N) is 1. The third kappa shape index (κ3) is 4.18. The van der Waals surface area contributed by atoms with Gasteiger partial charge in [-0.1, -0.05) is 38.5 Å². The number of hydrogen-bond donors (Lipinski definition) is 1. The van der Waals surface area contributed by atoms with Crippen LogP contribution in [0.25, 0.3) is 10.9 Å². The van der Waals surface area contributed by atoms with Crippen molar-refractivity contribution in [2.45, 2.75) is 37.0 Å². The molecule has 0 radical (unpaired) electrons. The van der Waals surface area contributed by atoms with E-state index in [0.29, 0.717) is 5.25 Å². The van der Waals surface area contributed by atoms with Gasteiger partial charge in [0.1, 0.15) is 11.4 Å². The predicted molar refractivity (Wildman–Crippen MR) is 82.6 cm³/mol. The van der Waals surface area contributed by atoms with Crippen molar-refractivity contribution in [3.8, 4) is 0 Å². The standard InChI is InChI=1S/C15H21N3S/c1-3-4-9-16-10-12(2)19-15-13-7-5-6-8-14(13)17-11-18-15/h5-8,11-12,16H,3-4,9-10H2,1-2H3. The van der Waals surface area contributed by atoms with Crippen LogP contribution in [0.4, 0.5) is 0 Å². The fraction of sp³-hybridized carbons (Fsp3) is 0.467. The quantitative estimate of drug-likeness (QED) is 0.477. The monoisotopic (exact) mass is 275 g/mol. The van der Waals surface area contributed by atoms with Crippen LogP contribution in [0.2, 0.25) is 0 Å². The highest BCUT2D eigenvalue weighted by atomic mass is 32.2. The largest absolute Gasteiger partial charge is 0.316 e. The van der Waals surface area contributed by atoms with Crippen LogP contribution in [0.3, 0.4) is 0 Å². The molecule has 1 atom stereocenters. The molecule has 1 unspecified atom stereocenters. The Morgan fingerprint density at radius 2 is 2.11 bits per heavy atom. The molecule has 1 aromatic carbocycles. The Kier molecular flexibility index (Phi) is 5.61. The van der Waals surface area contributed by atoms with Gasteiger partial charge in [0.05, 0.1) is 5.52 Å². The van der Waals surface area contributed by atoms with E-state index >= 15 is 0 Å². The summed E-state index contributed by atoms with van der Waals surface area (Å²) in [7, 11) is 0. The van der Waals surface area contributed by atoms with Crippen molar-refractivity contribution >= 4 is 22.7 Å². The number of thioether (sulfide) groups is 1. The van der Waals surface area contributed by atoms with Crippen molar-refractivity contribution < 1.29 is 0 Å². The molecule has 0 fully saturated rings. The first-order valence-electron chi connectivity index (χ1n) is 6.88. The predicted octanol–water partition coefficient (Wildman–Crippen LogP) is 3.50. The molecule has 1 heterocycles. The summed E-state index contributed by atoms with van der Waals surface area (Å²) in [5.41, 5.74) is 1.02. The van der Waals surface area contributed by atoms with Crippen molar-refractivity contribution in [3.05, 3.63) is 30.6 Å². The third-order valence-corrected chi connectivity index (χ3v) is 4.08. The maximum atomic E-state index is 4.42. The van der Waals surface area contributed by atoms with E-state index in [1.165, 1.54) is 12.8 Å². The minimum atomic E-state index is 0.509. The Bertz CT molecular complexity index is 510. The Balaban J connectivity index is 1.97. The van der Waals surface area contributed by atoms with Crippen LogP contribution in [0.1, 0.15) is 26.7 Å². The van der Waals surface area contributed by atoms with E-state index in [2.05, 4.69) is 35.2 Å². The minimum Gasteiger partial charge on any atom is -0.316 e. The summed E-state index contributed by atoms with van der Waals surface area (Å²) < 4.78 is 0. The average Bonchev–Trinajstić information content (AvgIpc) is 2.44. The Morgan fingerprint density at radius 1 is 1.26 bits per heavy atom. The van der Waals surface area contributed by atoms with Crippen LogP contribution in [0.15, 0.2) is 35.6 Å². The van der Waals surface area contributed by atoms with E-state index in [-0.39, 0.29) is 0 Å². The van der Waals surface area contributed by atoms with Crippen molar-refractivity contribution in [3.63, 3.8) is 0 Å². The smallest absolute Gasteiger partial charge is 0.117 e. The average molecular weight is 275 g/mol. The highest BCUT2D eigenvalue weighted by Gasteiger charge is 2.08. The summed E-state index contributed by atoms with van der Waals surface area (Å²) in [6.45, 7) is 6.57. The summed E-state index contributed by atoms with van der Waals surface area (Å²) >= 11 is 1.82. The highest BCUT2D eigenvalue weighted by molar-refractivity contribution is 8.00. The molecule has 0 bridgehead atoms. The van der Waals surface area contributed by atoms with Gasteiger partial charge >= 0.3 is 0 Å². The fourth-order valence-electron chi connectivity index (χ4n) is 1.91. The minimum absolute atomic E-state index is 0.509. The summed E-state index contributed by atoms with van der Waals surface area (Å²) in [5.74, 6) is 0. The summed E-state index contributed by atoms with van der Waals surface area (Å²) in [4.78, 5) is 8.71. The molecule has 19 heavy (non-hydrogen) atoms. The summed E-state index contributed by atoms with van der Waals surface area (Å²) in [5, 5.41) is 6.23. The molecule has 0 amide bonds. The normalized spacial score (nSPS) is 12.7. The number of nitrogens with zero attached hydrogens (tertiary/aromatic N) is 2. The Morgan fingerprint density at radius 3 is 2.95 bits per heavy atom. The Hall–Kier alpha value is -1.13. The van der Waals surface area contributed by atoms with Gasteiger partial charge in [-0.3, -0.25) is 0 Å². The van der Waals surface area contributed by atoms with Gasteiger partial charge in [-0.25, -0.2) is 9.97 Å². The summed E-state index contributed by atoms with van der Waals surface area (Å²) in [6, 6.07) is 8.18. The molecule has 2 rings (SSSR count). The molecule has 0 spiro atoms. The van der Waals surface area contributed by atoms with E-state index in [4.69, 9.17) is 0 Å². The SMILES string of the molecule is CCCCNCC(C)Sc1ncnc2ccccc12. The van der Waals surface area contributed by atoms with E-state index in [9.17, 15) is 0 Å². The molecule has 0 aliphatic rings. The maximum Gasteiger partial charge on any atom is 0.117 e. The van der Waals surface area contributed by atoms with Crippen molar-refractivity contribution in [1.82, 2.24) is 15.3 Å². The molecule has 102 valence electrons. The molecule has 4 heteroatoms. The van der Waals surface area contributed by atoms with Crippen LogP contribution in [-0.2, 0) is 0 Å². The molecule has 1 N–H and O–H groups in total. The first kappa shape index (κ1) is 14.3. The van der Waals surface area contributed by atoms with Gasteiger partial charge in [-0.05, 0) is 19.0 Å². The number of para-hydroxylation sites is 1. The van der Waals surface area contributed by atoms with Crippen LogP contribution >= 0.6 is 11.8 Å². The van der Waals surface area contributed by atoms with E-state index < -0.39 is 0 Å². The van der Waals surface area contributed by atoms with Gasteiger partial charge < -0.3 is 5.32 Å². The molecule has 0 saturated carbocycles. The van der Waals surface area contributed by atoms with Gasteiger partial charge in [0.2, 0.25) is 0 Å². The second kappa shape index (κ2) is 7.46. The summed E-state index contributed by atoms with van der Waals surface area (Å²) in [6.07, 6.45) is 4.14. The van der Waals surface area contributed by atoms with Crippen LogP contribution < -0.4 is 5.32 Å². The molecule has 0 aliphatic heterocycles. The third-order valence-electron chi connectivity index (χ3n) is 2.96. The van der Waals surface area contributed by atoms with Crippen molar-refractivity contribution in [2.24, 2.45) is 0 Å².